The van der Waals surface area contributed by atoms with Gasteiger partial charge in [-0.3, -0.25) is 0 Å². The molecule has 0 spiro atoms. The zero-order valence-electron chi connectivity index (χ0n) is 7.37. The van der Waals surface area contributed by atoms with Crippen LogP contribution in [0.2, 0.25) is 0 Å². The fourth-order valence-electron chi connectivity index (χ4n) is 0.817. The number of hydrogen-bond donors (Lipinski definition) is 1. The minimum atomic E-state index is -0.226. The van der Waals surface area contributed by atoms with Crippen molar-refractivity contribution >= 4 is 5.82 Å². The molecule has 4 nitrogen and oxygen atoms in total. The fraction of sp³-hybridized carbons (Fsp3) is 0.500. The number of aromatic nitrogens is 2. The summed E-state index contributed by atoms with van der Waals surface area (Å²) < 4.78 is 1.44. The highest BCUT2D eigenvalue weighted by Gasteiger charge is 1.94. The molecule has 0 bridgehead atoms. The molecule has 0 aliphatic rings. The molecular formula is C8H13N3O. The van der Waals surface area contributed by atoms with Gasteiger partial charge in [0.05, 0.1) is 0 Å². The van der Waals surface area contributed by atoms with Gasteiger partial charge in [-0.25, -0.2) is 4.79 Å². The van der Waals surface area contributed by atoms with E-state index in [0.29, 0.717) is 5.82 Å². The highest BCUT2D eigenvalue weighted by Crippen LogP contribution is 1.95. The van der Waals surface area contributed by atoms with Crippen LogP contribution in [0.4, 0.5) is 5.82 Å². The van der Waals surface area contributed by atoms with E-state index < -0.39 is 0 Å². The number of nitrogens with one attached hydrogen (secondary N) is 1. The molecule has 4 heteroatoms. The van der Waals surface area contributed by atoms with Crippen LogP contribution in [0, 0.1) is 0 Å². The molecule has 0 fully saturated rings. The Hall–Kier alpha value is -1.32. The van der Waals surface area contributed by atoms with Crippen molar-refractivity contribution < 1.29 is 0 Å². The fourth-order valence-corrected chi connectivity index (χ4v) is 0.817. The van der Waals surface area contributed by atoms with E-state index in [1.54, 1.807) is 19.3 Å². The molecule has 0 aliphatic carbocycles. The smallest absolute Gasteiger partial charge is 0.349 e. The van der Waals surface area contributed by atoms with Gasteiger partial charge in [0.2, 0.25) is 0 Å². The zero-order valence-corrected chi connectivity index (χ0v) is 7.37. The van der Waals surface area contributed by atoms with Crippen LogP contribution < -0.4 is 11.0 Å². The lowest BCUT2D eigenvalue weighted by Gasteiger charge is -2.02. The lowest BCUT2D eigenvalue weighted by Crippen LogP contribution is -2.20. The molecule has 1 aromatic rings. The average molecular weight is 167 g/mol. The summed E-state index contributed by atoms with van der Waals surface area (Å²) in [5.41, 5.74) is -0.226. The summed E-state index contributed by atoms with van der Waals surface area (Å²) in [5, 5.41) is 3.04. The molecule has 66 valence electrons. The van der Waals surface area contributed by atoms with Crippen molar-refractivity contribution in [2.75, 3.05) is 11.9 Å². The molecule has 0 aliphatic heterocycles. The second-order valence-corrected chi connectivity index (χ2v) is 2.63. The van der Waals surface area contributed by atoms with Gasteiger partial charge in [-0.2, -0.15) is 4.98 Å². The van der Waals surface area contributed by atoms with E-state index in [2.05, 4.69) is 17.2 Å². The first-order valence-corrected chi connectivity index (χ1v) is 4.01. The SMILES string of the molecule is CCCNc1ccn(C)c(=O)n1. The van der Waals surface area contributed by atoms with Gasteiger partial charge in [0.15, 0.2) is 0 Å². The summed E-state index contributed by atoms with van der Waals surface area (Å²) in [6.45, 7) is 2.91. The maximum absolute atomic E-state index is 11.0. The van der Waals surface area contributed by atoms with E-state index in [9.17, 15) is 4.79 Å². The van der Waals surface area contributed by atoms with Crippen molar-refractivity contribution in [2.24, 2.45) is 7.05 Å². The van der Waals surface area contributed by atoms with E-state index in [4.69, 9.17) is 0 Å². The van der Waals surface area contributed by atoms with Crippen LogP contribution >= 0.6 is 0 Å². The third kappa shape index (κ3) is 2.08. The van der Waals surface area contributed by atoms with Crippen LogP contribution in [0.1, 0.15) is 13.3 Å². The molecule has 0 unspecified atom stereocenters. The molecule has 1 aromatic heterocycles. The molecule has 0 saturated heterocycles. The van der Waals surface area contributed by atoms with E-state index in [1.165, 1.54) is 4.57 Å². The molecule has 1 N–H and O–H groups in total. The molecule has 1 rings (SSSR count). The summed E-state index contributed by atoms with van der Waals surface area (Å²) >= 11 is 0. The Bertz CT molecular complexity index is 305. The average Bonchev–Trinajstić information content (AvgIpc) is 2.07. The van der Waals surface area contributed by atoms with Crippen molar-refractivity contribution in [1.29, 1.82) is 0 Å². The van der Waals surface area contributed by atoms with Crippen LogP contribution in [-0.4, -0.2) is 16.1 Å². The first-order chi connectivity index (χ1) is 5.74. The largest absolute Gasteiger partial charge is 0.370 e. The Kier molecular flexibility index (Phi) is 2.85. The molecular weight excluding hydrogens is 154 g/mol. The van der Waals surface area contributed by atoms with Crippen molar-refractivity contribution in [3.8, 4) is 0 Å². The molecule has 12 heavy (non-hydrogen) atoms. The van der Waals surface area contributed by atoms with Gasteiger partial charge in [0.1, 0.15) is 5.82 Å². The van der Waals surface area contributed by atoms with E-state index in [0.717, 1.165) is 13.0 Å². The zero-order chi connectivity index (χ0) is 8.97. The summed E-state index contributed by atoms with van der Waals surface area (Å²) in [6.07, 6.45) is 2.73. The maximum atomic E-state index is 11.0. The van der Waals surface area contributed by atoms with Gasteiger partial charge in [-0.1, -0.05) is 6.92 Å². The first-order valence-electron chi connectivity index (χ1n) is 4.01. The minimum absolute atomic E-state index is 0.226. The van der Waals surface area contributed by atoms with Crippen LogP contribution in [0.25, 0.3) is 0 Å². The van der Waals surface area contributed by atoms with Gasteiger partial charge in [0.25, 0.3) is 0 Å². The van der Waals surface area contributed by atoms with Crippen LogP contribution in [0.15, 0.2) is 17.1 Å². The Labute approximate surface area is 71.3 Å². The normalized spacial score (nSPS) is 9.83. The summed E-state index contributed by atoms with van der Waals surface area (Å²) in [5.74, 6) is 0.653. The summed E-state index contributed by atoms with van der Waals surface area (Å²) in [4.78, 5) is 14.8. The molecule has 0 radical (unpaired) electrons. The number of anilines is 1. The lowest BCUT2D eigenvalue weighted by atomic mass is 10.4. The van der Waals surface area contributed by atoms with Gasteiger partial charge in [-0.15, -0.1) is 0 Å². The number of nitrogens with zero attached hydrogens (tertiary/aromatic N) is 2. The highest BCUT2D eigenvalue weighted by atomic mass is 16.1. The maximum Gasteiger partial charge on any atom is 0.349 e. The lowest BCUT2D eigenvalue weighted by molar-refractivity contribution is 0.808. The molecule has 1 heterocycles. The molecule has 0 amide bonds. The molecule has 0 saturated carbocycles. The Morgan fingerprint density at radius 3 is 3.00 bits per heavy atom. The van der Waals surface area contributed by atoms with Crippen molar-refractivity contribution in [3.05, 3.63) is 22.7 Å². The van der Waals surface area contributed by atoms with E-state index in [-0.39, 0.29) is 5.69 Å². The van der Waals surface area contributed by atoms with Crippen molar-refractivity contribution in [1.82, 2.24) is 9.55 Å². The van der Waals surface area contributed by atoms with Gasteiger partial charge < -0.3 is 9.88 Å². The molecule has 0 aromatic carbocycles. The van der Waals surface area contributed by atoms with Crippen molar-refractivity contribution in [2.45, 2.75) is 13.3 Å². The van der Waals surface area contributed by atoms with Crippen LogP contribution in [-0.2, 0) is 7.05 Å². The minimum Gasteiger partial charge on any atom is -0.370 e. The van der Waals surface area contributed by atoms with Gasteiger partial charge in [0, 0.05) is 19.8 Å². The highest BCUT2D eigenvalue weighted by molar-refractivity contribution is 5.31. The molecule has 0 atom stereocenters. The Morgan fingerprint density at radius 1 is 1.67 bits per heavy atom. The quantitative estimate of drug-likeness (QED) is 0.717. The first kappa shape index (κ1) is 8.77. The van der Waals surface area contributed by atoms with Gasteiger partial charge >= 0.3 is 5.69 Å². The van der Waals surface area contributed by atoms with Crippen LogP contribution in [0.5, 0.6) is 0 Å². The van der Waals surface area contributed by atoms with Gasteiger partial charge in [-0.05, 0) is 12.5 Å². The monoisotopic (exact) mass is 167 g/mol. The second kappa shape index (κ2) is 3.90. The topological polar surface area (TPSA) is 46.9 Å². The predicted octanol–water partition coefficient (Wildman–Crippen LogP) is 0.602. The second-order valence-electron chi connectivity index (χ2n) is 2.63. The van der Waals surface area contributed by atoms with Crippen molar-refractivity contribution in [3.63, 3.8) is 0 Å². The third-order valence-electron chi connectivity index (χ3n) is 1.53. The number of aryl methyl sites for hydroxylation is 1. The summed E-state index contributed by atoms with van der Waals surface area (Å²) in [6, 6.07) is 1.79. The van der Waals surface area contributed by atoms with E-state index >= 15 is 0 Å². The summed E-state index contributed by atoms with van der Waals surface area (Å²) in [7, 11) is 1.68. The third-order valence-corrected chi connectivity index (χ3v) is 1.53. The standard InChI is InChI=1S/C8H13N3O/c1-3-5-9-7-4-6-11(2)8(12)10-7/h4,6H,3,5H2,1-2H3,(H,9,10,12). The predicted molar refractivity (Wildman–Crippen MR) is 48.3 cm³/mol. The Balaban J connectivity index is 2.76. The number of rotatable bonds is 3. The van der Waals surface area contributed by atoms with E-state index in [1.807, 2.05) is 0 Å². The van der Waals surface area contributed by atoms with Crippen LogP contribution in [0.3, 0.4) is 0 Å². The Morgan fingerprint density at radius 2 is 2.42 bits per heavy atom. The number of hydrogen-bond acceptors (Lipinski definition) is 3.